The van der Waals surface area contributed by atoms with E-state index in [1.165, 1.54) is 6.07 Å². The molecule has 1 rings (SSSR count). The van der Waals surface area contributed by atoms with Gasteiger partial charge in [-0.05, 0) is 26.5 Å². The molecule has 0 heterocycles. The van der Waals surface area contributed by atoms with Gasteiger partial charge in [-0.2, -0.15) is 0 Å². The van der Waals surface area contributed by atoms with Crippen molar-refractivity contribution in [2.75, 3.05) is 26.2 Å². The summed E-state index contributed by atoms with van der Waals surface area (Å²) in [5.74, 6) is -0.408. The lowest BCUT2D eigenvalue weighted by molar-refractivity contribution is -0.133. The average Bonchev–Trinajstić information content (AvgIpc) is 2.45. The van der Waals surface area contributed by atoms with E-state index in [1.54, 1.807) is 17.0 Å². The van der Waals surface area contributed by atoms with Crippen molar-refractivity contribution in [3.8, 4) is 5.75 Å². The number of nitrogens with one attached hydrogen (secondary N) is 1. The number of likely N-dealkylation sites (N-methyl/N-ethyl adjacent to an activating group) is 1. The molecule has 0 atom stereocenters. The van der Waals surface area contributed by atoms with Crippen molar-refractivity contribution in [3.05, 3.63) is 29.6 Å². The summed E-state index contributed by atoms with van der Waals surface area (Å²) >= 11 is 0. The van der Waals surface area contributed by atoms with Crippen molar-refractivity contribution in [3.63, 3.8) is 0 Å². The molecule has 0 bridgehead atoms. The van der Waals surface area contributed by atoms with Gasteiger partial charge in [0.2, 0.25) is 0 Å². The molecular formula is C15H23FN2O2. The highest BCUT2D eigenvalue weighted by Gasteiger charge is 2.14. The minimum atomic E-state index is -0.437. The predicted octanol–water partition coefficient (Wildman–Crippen LogP) is 2.18. The van der Waals surface area contributed by atoms with Gasteiger partial charge >= 0.3 is 0 Å². The van der Waals surface area contributed by atoms with Gasteiger partial charge in [0.1, 0.15) is 0 Å². The number of carbonyl (C=O) groups excluding carboxylic acids is 1. The van der Waals surface area contributed by atoms with E-state index >= 15 is 0 Å². The van der Waals surface area contributed by atoms with Crippen molar-refractivity contribution in [1.82, 2.24) is 10.2 Å². The second kappa shape index (κ2) is 8.53. The van der Waals surface area contributed by atoms with E-state index in [0.29, 0.717) is 19.6 Å². The molecule has 1 aromatic carbocycles. The molecule has 20 heavy (non-hydrogen) atoms. The smallest absolute Gasteiger partial charge is 0.260 e. The second-order valence-corrected chi connectivity index (χ2v) is 4.36. The van der Waals surface area contributed by atoms with Crippen LogP contribution in [0.1, 0.15) is 26.3 Å². The summed E-state index contributed by atoms with van der Waals surface area (Å²) in [6, 6.07) is 4.77. The van der Waals surface area contributed by atoms with Crippen LogP contribution < -0.4 is 10.1 Å². The fourth-order valence-electron chi connectivity index (χ4n) is 1.92. The van der Waals surface area contributed by atoms with E-state index < -0.39 is 5.82 Å². The van der Waals surface area contributed by atoms with Crippen LogP contribution >= 0.6 is 0 Å². The number of hydrogen-bond donors (Lipinski definition) is 1. The first kappa shape index (κ1) is 16.4. The average molecular weight is 282 g/mol. The highest BCUT2D eigenvalue weighted by Crippen LogP contribution is 2.22. The zero-order valence-corrected chi connectivity index (χ0v) is 12.4. The topological polar surface area (TPSA) is 41.6 Å². The minimum absolute atomic E-state index is 0.132. The lowest BCUT2D eigenvalue weighted by Gasteiger charge is -2.19. The van der Waals surface area contributed by atoms with Crippen LogP contribution in [0.3, 0.4) is 0 Å². The lowest BCUT2D eigenvalue weighted by Crippen LogP contribution is -2.34. The van der Waals surface area contributed by atoms with Crippen molar-refractivity contribution in [2.24, 2.45) is 0 Å². The Bertz CT molecular complexity index is 434. The first-order valence-corrected chi connectivity index (χ1v) is 7.02. The number of nitrogens with zero attached hydrogens (tertiary/aromatic N) is 1. The van der Waals surface area contributed by atoms with E-state index in [9.17, 15) is 9.18 Å². The molecule has 0 saturated heterocycles. The number of para-hydroxylation sites is 1. The zero-order valence-electron chi connectivity index (χ0n) is 12.4. The van der Waals surface area contributed by atoms with Crippen LogP contribution in [0.25, 0.3) is 0 Å². The SMILES string of the molecule is CCNCc1cccc(F)c1OCC(=O)N(CC)CC. The van der Waals surface area contributed by atoms with E-state index in [2.05, 4.69) is 5.32 Å². The molecule has 112 valence electrons. The third-order valence-corrected chi connectivity index (χ3v) is 3.07. The number of amides is 1. The summed E-state index contributed by atoms with van der Waals surface area (Å²) in [5, 5.41) is 3.12. The molecule has 0 spiro atoms. The quantitative estimate of drug-likeness (QED) is 0.794. The van der Waals surface area contributed by atoms with Crippen LogP contribution in [0.4, 0.5) is 4.39 Å². The molecule has 0 aliphatic rings. The lowest BCUT2D eigenvalue weighted by atomic mass is 10.2. The molecule has 1 amide bonds. The van der Waals surface area contributed by atoms with Gasteiger partial charge in [0.25, 0.3) is 5.91 Å². The van der Waals surface area contributed by atoms with Gasteiger partial charge in [-0.3, -0.25) is 4.79 Å². The number of ether oxygens (including phenoxy) is 1. The Kier molecular flexibility index (Phi) is 7.01. The van der Waals surface area contributed by atoms with Crippen LogP contribution in [0.5, 0.6) is 5.75 Å². The van der Waals surface area contributed by atoms with Gasteiger partial charge in [0, 0.05) is 25.2 Å². The maximum Gasteiger partial charge on any atom is 0.260 e. The van der Waals surface area contributed by atoms with E-state index in [-0.39, 0.29) is 18.3 Å². The minimum Gasteiger partial charge on any atom is -0.480 e. The molecule has 1 aromatic rings. The second-order valence-electron chi connectivity index (χ2n) is 4.36. The van der Waals surface area contributed by atoms with Crippen LogP contribution in [-0.2, 0) is 11.3 Å². The van der Waals surface area contributed by atoms with Crippen LogP contribution in [0.2, 0.25) is 0 Å². The Morgan fingerprint density at radius 2 is 2.00 bits per heavy atom. The molecule has 0 saturated carbocycles. The number of rotatable bonds is 8. The maximum absolute atomic E-state index is 13.8. The summed E-state index contributed by atoms with van der Waals surface area (Å²) < 4.78 is 19.2. The molecule has 0 aromatic heterocycles. The van der Waals surface area contributed by atoms with Crippen molar-refractivity contribution in [1.29, 1.82) is 0 Å². The summed E-state index contributed by atoms with van der Waals surface area (Å²) in [7, 11) is 0. The van der Waals surface area contributed by atoms with Crippen molar-refractivity contribution >= 4 is 5.91 Å². The van der Waals surface area contributed by atoms with Gasteiger partial charge in [-0.1, -0.05) is 19.1 Å². The van der Waals surface area contributed by atoms with Crippen LogP contribution in [0, 0.1) is 5.82 Å². The predicted molar refractivity (Wildman–Crippen MR) is 77.2 cm³/mol. The van der Waals surface area contributed by atoms with Gasteiger partial charge < -0.3 is 15.0 Å². The normalized spacial score (nSPS) is 10.4. The molecule has 0 radical (unpaired) electrons. The van der Waals surface area contributed by atoms with Crippen molar-refractivity contribution in [2.45, 2.75) is 27.3 Å². The number of benzene rings is 1. The molecule has 0 fully saturated rings. The first-order valence-electron chi connectivity index (χ1n) is 7.02. The summed E-state index contributed by atoms with van der Waals surface area (Å²) in [5.41, 5.74) is 0.721. The largest absolute Gasteiger partial charge is 0.480 e. The summed E-state index contributed by atoms with van der Waals surface area (Å²) in [6.45, 7) is 8.20. The number of carbonyl (C=O) groups is 1. The number of hydrogen-bond acceptors (Lipinski definition) is 3. The molecule has 1 N–H and O–H groups in total. The van der Waals surface area contributed by atoms with Gasteiger partial charge in [0.15, 0.2) is 18.2 Å². The third kappa shape index (κ3) is 4.49. The van der Waals surface area contributed by atoms with Crippen LogP contribution in [0.15, 0.2) is 18.2 Å². The summed E-state index contributed by atoms with van der Waals surface area (Å²) in [6.07, 6.45) is 0. The van der Waals surface area contributed by atoms with Gasteiger partial charge in [-0.25, -0.2) is 4.39 Å². The third-order valence-electron chi connectivity index (χ3n) is 3.07. The highest BCUT2D eigenvalue weighted by molar-refractivity contribution is 5.77. The van der Waals surface area contributed by atoms with E-state index in [1.807, 2.05) is 20.8 Å². The van der Waals surface area contributed by atoms with Crippen LogP contribution in [-0.4, -0.2) is 37.0 Å². The van der Waals surface area contributed by atoms with E-state index in [4.69, 9.17) is 4.74 Å². The summed E-state index contributed by atoms with van der Waals surface area (Å²) in [4.78, 5) is 13.5. The fraction of sp³-hybridized carbons (Fsp3) is 0.533. The van der Waals surface area contributed by atoms with Crippen molar-refractivity contribution < 1.29 is 13.9 Å². The Balaban J connectivity index is 2.73. The van der Waals surface area contributed by atoms with E-state index in [0.717, 1.165) is 12.1 Å². The maximum atomic E-state index is 13.8. The zero-order chi connectivity index (χ0) is 15.0. The number of halogens is 1. The standard InChI is InChI=1S/C15H23FN2O2/c1-4-17-10-12-8-7-9-13(16)15(12)20-11-14(19)18(5-2)6-3/h7-9,17H,4-6,10-11H2,1-3H3. The Morgan fingerprint density at radius 3 is 2.60 bits per heavy atom. The molecule has 5 heteroatoms. The molecule has 0 unspecified atom stereocenters. The van der Waals surface area contributed by atoms with Gasteiger partial charge in [0.05, 0.1) is 0 Å². The Morgan fingerprint density at radius 1 is 1.30 bits per heavy atom. The highest BCUT2D eigenvalue weighted by atomic mass is 19.1. The molecule has 0 aliphatic heterocycles. The monoisotopic (exact) mass is 282 g/mol. The fourth-order valence-corrected chi connectivity index (χ4v) is 1.92. The Labute approximate surface area is 119 Å². The molecule has 0 aliphatic carbocycles. The molecule has 4 nitrogen and oxygen atoms in total. The van der Waals surface area contributed by atoms with Gasteiger partial charge in [-0.15, -0.1) is 0 Å². The Hall–Kier alpha value is -1.62. The molecular weight excluding hydrogens is 259 g/mol. The first-order chi connectivity index (χ1) is 9.63.